The van der Waals surface area contributed by atoms with Crippen LogP contribution < -0.4 is 5.32 Å². The van der Waals surface area contributed by atoms with Crippen molar-refractivity contribution >= 4 is 80.5 Å². The predicted molar refractivity (Wildman–Crippen MR) is 232 cm³/mol. The maximum absolute atomic E-state index is 14.3. The van der Waals surface area contributed by atoms with E-state index in [2.05, 4.69) is 10.3 Å². The molecule has 0 spiro atoms. The second-order valence-corrected chi connectivity index (χ2v) is 23.6. The number of rotatable bonds is 14. The van der Waals surface area contributed by atoms with Gasteiger partial charge in [0.2, 0.25) is 11.8 Å². The van der Waals surface area contributed by atoms with Gasteiger partial charge in [0.05, 0.1) is 36.6 Å². The lowest BCUT2D eigenvalue weighted by Crippen LogP contribution is -2.60. The molecule has 4 aliphatic rings. The summed E-state index contributed by atoms with van der Waals surface area (Å²) >= 11 is 3.58. The van der Waals surface area contributed by atoms with E-state index in [0.717, 1.165) is 52.9 Å². The molecule has 3 saturated heterocycles. The smallest absolute Gasteiger partial charge is 0.335 e. The van der Waals surface area contributed by atoms with E-state index in [1.807, 2.05) is 80.3 Å². The number of nitrogens with zero attached hydrogens (tertiary/aromatic N) is 4. The maximum Gasteiger partial charge on any atom is 0.335 e. The molecular formula is C42H56N5O8PS3. The van der Waals surface area contributed by atoms with E-state index < -0.39 is 30.5 Å². The molecule has 5 heterocycles. The fourth-order valence-corrected chi connectivity index (χ4v) is 12.5. The minimum atomic E-state index is -3.71. The standard InChI is InChI=1S/C42H56N5O8PS3/c1-41(2,3)39(51)57-15-13-54-56(53,55-14-16-58-40(52)42(4,5)6)24-26-7-10-34-29(17-26)21-35(59-34)36(48)44-32-20-28-18-27(28)19-30-8-9-33(47(30)37(32)49)38(50)46-22-31(23-46)45-12-11-43-25-45/h7,10-12,17,21,25,27-28,30-33H,8-9,13-16,18-20,22-24H2,1-6H3,(H,44,48)/t27-,28+,30-,32+,33+/m1/s1. The molecule has 3 aliphatic heterocycles. The van der Waals surface area contributed by atoms with Crippen molar-refractivity contribution in [2.75, 3.05) is 37.8 Å². The van der Waals surface area contributed by atoms with Gasteiger partial charge >= 0.3 is 7.60 Å². The number of nitrogens with one attached hydrogen (secondary N) is 1. The molecular weight excluding hydrogens is 830 g/mol. The summed E-state index contributed by atoms with van der Waals surface area (Å²) in [5.74, 6) is 0.990. The van der Waals surface area contributed by atoms with Gasteiger partial charge in [0.25, 0.3) is 5.91 Å². The number of aromatic nitrogens is 2. The lowest BCUT2D eigenvalue weighted by Gasteiger charge is -2.43. The summed E-state index contributed by atoms with van der Waals surface area (Å²) < 4.78 is 28.8. The third kappa shape index (κ3) is 10.5. The van der Waals surface area contributed by atoms with Crippen molar-refractivity contribution in [3.8, 4) is 0 Å². The van der Waals surface area contributed by atoms with Crippen LogP contribution in [0.1, 0.15) is 94.9 Å². The third-order valence-electron chi connectivity index (χ3n) is 11.6. The van der Waals surface area contributed by atoms with Crippen molar-refractivity contribution < 1.29 is 37.6 Å². The molecule has 7 rings (SSSR count). The molecule has 3 aromatic rings. The Morgan fingerprint density at radius 2 is 1.56 bits per heavy atom. The lowest BCUT2D eigenvalue weighted by atomic mass is 9.98. The molecule has 0 radical (unpaired) electrons. The van der Waals surface area contributed by atoms with E-state index in [9.17, 15) is 28.5 Å². The molecule has 3 amide bonds. The van der Waals surface area contributed by atoms with Gasteiger partial charge in [0.15, 0.2) is 10.2 Å². The van der Waals surface area contributed by atoms with Crippen LogP contribution in [0, 0.1) is 22.7 Å². The fraction of sp³-hybridized carbons (Fsp3) is 0.619. The first kappa shape index (κ1) is 44.1. The summed E-state index contributed by atoms with van der Waals surface area (Å²) in [6.45, 7) is 12.3. The second kappa shape index (κ2) is 17.8. The van der Waals surface area contributed by atoms with Gasteiger partial charge in [-0.2, -0.15) is 0 Å². The Kier molecular flexibility index (Phi) is 13.3. The van der Waals surface area contributed by atoms with E-state index in [1.54, 1.807) is 18.6 Å². The second-order valence-electron chi connectivity index (χ2n) is 18.3. The number of benzene rings is 1. The predicted octanol–water partition coefficient (Wildman–Crippen LogP) is 7.41. The zero-order chi connectivity index (χ0) is 42.3. The quantitative estimate of drug-likeness (QED) is 0.127. The normalized spacial score (nSPS) is 23.6. The fourth-order valence-electron chi connectivity index (χ4n) is 8.09. The van der Waals surface area contributed by atoms with Crippen molar-refractivity contribution in [1.82, 2.24) is 24.7 Å². The molecule has 1 N–H and O–H groups in total. The molecule has 13 nitrogen and oxygen atoms in total. The number of fused-ring (bicyclic) bond motifs is 3. The number of carbonyl (C=O) groups excluding carboxylic acids is 5. The highest BCUT2D eigenvalue weighted by Crippen LogP contribution is 2.52. The number of thiophene rings is 1. The van der Waals surface area contributed by atoms with Crippen molar-refractivity contribution in [2.24, 2.45) is 22.7 Å². The Hall–Kier alpha value is -3.01. The van der Waals surface area contributed by atoms with Crippen LogP contribution in [0.15, 0.2) is 43.0 Å². The molecule has 0 bridgehead atoms. The SMILES string of the molecule is CC(C)(C)C(=O)SCCOP(=O)(Cc1ccc2sc(C(=O)N[C@H]3C[C@@H]4C[C@@H]4C[C@H]4CC[C@@H](C(=O)N5CC(n6ccnc6)C5)N4C3=O)cc2c1)OCCSC(=O)C(C)(C)C. The Labute approximate surface area is 359 Å². The lowest BCUT2D eigenvalue weighted by molar-refractivity contribution is -0.150. The molecule has 5 atom stereocenters. The molecule has 1 aliphatic carbocycles. The van der Waals surface area contributed by atoms with Crippen LogP contribution in [-0.4, -0.2) is 103 Å². The van der Waals surface area contributed by atoms with Crippen LogP contribution >= 0.6 is 42.5 Å². The summed E-state index contributed by atoms with van der Waals surface area (Å²) in [5.41, 5.74) is -0.343. The van der Waals surface area contributed by atoms with Crippen LogP contribution in [0.2, 0.25) is 0 Å². The summed E-state index contributed by atoms with van der Waals surface area (Å²) in [4.78, 5) is 75.2. The summed E-state index contributed by atoms with van der Waals surface area (Å²) in [7, 11) is -3.71. The van der Waals surface area contributed by atoms with Crippen molar-refractivity contribution in [2.45, 2.75) is 104 Å². The Bertz CT molecular complexity index is 2070. The van der Waals surface area contributed by atoms with Crippen LogP contribution in [-0.2, 0) is 39.0 Å². The number of amides is 3. The monoisotopic (exact) mass is 885 g/mol. The van der Waals surface area contributed by atoms with Gasteiger partial charge in [-0.05, 0) is 73.1 Å². The third-order valence-corrected chi connectivity index (χ3v) is 17.1. The van der Waals surface area contributed by atoms with Gasteiger partial charge in [-0.25, -0.2) is 4.98 Å². The van der Waals surface area contributed by atoms with E-state index in [1.165, 1.54) is 11.3 Å². The number of carbonyl (C=O) groups is 5. The number of hydrogen-bond acceptors (Lipinski definition) is 12. The van der Waals surface area contributed by atoms with E-state index >= 15 is 0 Å². The van der Waals surface area contributed by atoms with Crippen LogP contribution in [0.25, 0.3) is 10.1 Å². The molecule has 0 unspecified atom stereocenters. The first-order valence-corrected chi connectivity index (χ1v) is 25.0. The van der Waals surface area contributed by atoms with E-state index in [0.29, 0.717) is 59.7 Å². The highest BCUT2D eigenvalue weighted by atomic mass is 32.2. The van der Waals surface area contributed by atoms with Gasteiger partial charge in [-0.3, -0.25) is 28.5 Å². The Morgan fingerprint density at radius 3 is 2.19 bits per heavy atom. The average molecular weight is 886 g/mol. The molecule has 2 aromatic heterocycles. The molecule has 1 aromatic carbocycles. The molecule has 320 valence electrons. The van der Waals surface area contributed by atoms with Crippen LogP contribution in [0.5, 0.6) is 0 Å². The zero-order valence-electron chi connectivity index (χ0n) is 34.7. The molecule has 1 saturated carbocycles. The number of imidazole rings is 1. The summed E-state index contributed by atoms with van der Waals surface area (Å²) in [6.07, 6.45) is 9.29. The van der Waals surface area contributed by atoms with Gasteiger partial charge in [0, 0.05) is 58.6 Å². The van der Waals surface area contributed by atoms with E-state index in [4.69, 9.17) is 9.05 Å². The van der Waals surface area contributed by atoms with Crippen molar-refractivity contribution in [1.29, 1.82) is 0 Å². The molecule has 17 heteroatoms. The highest BCUT2D eigenvalue weighted by Gasteiger charge is 2.52. The highest BCUT2D eigenvalue weighted by molar-refractivity contribution is 8.14. The number of hydrogen-bond donors (Lipinski definition) is 1. The number of likely N-dealkylation sites (tertiary alicyclic amines) is 1. The van der Waals surface area contributed by atoms with Crippen molar-refractivity contribution in [3.63, 3.8) is 0 Å². The van der Waals surface area contributed by atoms with Gasteiger partial charge in [0.1, 0.15) is 12.1 Å². The molecule has 4 fully saturated rings. The average Bonchev–Trinajstić information content (AvgIpc) is 3.54. The van der Waals surface area contributed by atoms with E-state index in [-0.39, 0.29) is 59.4 Å². The Balaban J connectivity index is 1.01. The zero-order valence-corrected chi connectivity index (χ0v) is 38.1. The van der Waals surface area contributed by atoms with Gasteiger partial charge in [-0.1, -0.05) is 71.1 Å². The molecule has 59 heavy (non-hydrogen) atoms. The van der Waals surface area contributed by atoms with Crippen LogP contribution in [0.3, 0.4) is 0 Å². The topological polar surface area (TPSA) is 157 Å². The number of thioether (sulfide) groups is 2. The maximum atomic E-state index is 14.3. The first-order valence-electron chi connectivity index (χ1n) is 20.5. The van der Waals surface area contributed by atoms with Gasteiger partial charge < -0.3 is 28.7 Å². The minimum absolute atomic E-state index is 0.00183. The summed E-state index contributed by atoms with van der Waals surface area (Å²) in [5, 5.41) is 3.88. The Morgan fingerprint density at radius 1 is 0.898 bits per heavy atom. The van der Waals surface area contributed by atoms with Crippen molar-refractivity contribution in [3.05, 3.63) is 53.4 Å². The van der Waals surface area contributed by atoms with Crippen LogP contribution in [0.4, 0.5) is 0 Å². The minimum Gasteiger partial charge on any atom is -0.340 e. The summed E-state index contributed by atoms with van der Waals surface area (Å²) in [6, 6.07) is 6.30. The van der Waals surface area contributed by atoms with Gasteiger partial charge in [-0.15, -0.1) is 11.3 Å². The first-order chi connectivity index (χ1) is 27.9. The largest absolute Gasteiger partial charge is 0.340 e.